The lowest BCUT2D eigenvalue weighted by Gasteiger charge is -2.15. The van der Waals surface area contributed by atoms with E-state index >= 15 is 0 Å². The summed E-state index contributed by atoms with van der Waals surface area (Å²) in [4.78, 5) is 8.87. The molecule has 0 radical (unpaired) electrons. The van der Waals surface area contributed by atoms with Gasteiger partial charge in [-0.25, -0.2) is 0 Å². The maximum atomic E-state index is 12.4. The molecule has 0 amide bonds. The van der Waals surface area contributed by atoms with Crippen LogP contribution in [-0.4, -0.2) is 71.9 Å². The Hall–Kier alpha value is -4.92. The second-order valence-corrected chi connectivity index (χ2v) is 15.8. The summed E-state index contributed by atoms with van der Waals surface area (Å²) in [5.74, 6) is -1.73. The number of hydrogen-bond donors (Lipinski definition) is 7. The second-order valence-electron chi connectivity index (χ2n) is 9.76. The zero-order chi connectivity index (χ0) is 36.8. The third kappa shape index (κ3) is 8.26. The van der Waals surface area contributed by atoms with Gasteiger partial charge >= 0.3 is 0 Å². The Morgan fingerprint density at radius 1 is 0.620 bits per heavy atom. The van der Waals surface area contributed by atoms with E-state index in [0.717, 1.165) is 42.5 Å². The Labute approximate surface area is 286 Å². The van der Waals surface area contributed by atoms with E-state index in [1.54, 1.807) is 0 Å². The van der Waals surface area contributed by atoms with E-state index in [2.05, 4.69) is 35.8 Å². The minimum Gasteiger partial charge on any atom is -0.505 e. The van der Waals surface area contributed by atoms with Crippen molar-refractivity contribution in [3.63, 3.8) is 0 Å². The van der Waals surface area contributed by atoms with Crippen LogP contribution >= 0.6 is 11.6 Å². The molecule has 1 heterocycles. The Balaban J connectivity index is 1.66. The molecule has 0 aliphatic carbocycles. The number of fused-ring (bicyclic) bond motifs is 1. The zero-order valence-electron chi connectivity index (χ0n) is 24.1. The van der Waals surface area contributed by atoms with Gasteiger partial charge in [-0.3, -0.25) is 18.2 Å². The van der Waals surface area contributed by atoms with Crippen LogP contribution in [0.3, 0.4) is 0 Å². The minimum atomic E-state index is -5.24. The van der Waals surface area contributed by atoms with Crippen molar-refractivity contribution in [1.29, 1.82) is 0 Å². The number of aromatic hydroxyl groups is 1. The van der Waals surface area contributed by atoms with Crippen molar-refractivity contribution in [2.45, 2.75) is 19.6 Å². The number of rotatable bonds is 10. The molecule has 50 heavy (non-hydrogen) atoms. The van der Waals surface area contributed by atoms with Crippen molar-refractivity contribution >= 4 is 97.5 Å². The molecule has 0 saturated heterocycles. The van der Waals surface area contributed by atoms with Crippen LogP contribution in [0, 0.1) is 0 Å². The first-order valence-corrected chi connectivity index (χ1v) is 19.0. The molecular weight excluding hydrogens is 770 g/mol. The van der Waals surface area contributed by atoms with Gasteiger partial charge in [0.05, 0.1) is 26.1 Å². The number of phenols is 1. The summed E-state index contributed by atoms with van der Waals surface area (Å²) in [6, 6.07) is 11.1. The first-order chi connectivity index (χ1) is 23.1. The molecule has 0 atom stereocenters. The number of anilines is 4. The fourth-order valence-corrected chi connectivity index (χ4v) is 6.60. The average molecular weight is 788 g/mol. The summed E-state index contributed by atoms with van der Waals surface area (Å²) in [5, 5.41) is 22.7. The summed E-state index contributed by atoms with van der Waals surface area (Å²) >= 11 is 6.04. The molecule has 0 aliphatic rings. The van der Waals surface area contributed by atoms with E-state index < -0.39 is 99.2 Å². The maximum absolute atomic E-state index is 12.4. The number of aromatic nitrogens is 3. The van der Waals surface area contributed by atoms with Crippen molar-refractivity contribution < 1.29 is 57.0 Å². The normalized spacial score (nSPS) is 12.7. The van der Waals surface area contributed by atoms with E-state index in [1.807, 2.05) is 0 Å². The highest BCUT2D eigenvalue weighted by Gasteiger charge is 2.26. The Bertz CT molecular complexity index is 2680. The highest BCUT2D eigenvalue weighted by molar-refractivity contribution is 7.86. The smallest absolute Gasteiger partial charge is 0.296 e. The monoisotopic (exact) mass is 787 g/mol. The number of phenolic OH excluding ortho intramolecular Hbond substituents is 1. The van der Waals surface area contributed by atoms with E-state index in [1.165, 1.54) is 18.2 Å². The molecule has 7 N–H and O–H groups in total. The van der Waals surface area contributed by atoms with E-state index in [-0.39, 0.29) is 17.3 Å². The van der Waals surface area contributed by atoms with Gasteiger partial charge < -0.3 is 15.7 Å². The number of halogens is 1. The summed E-state index contributed by atoms with van der Waals surface area (Å²) in [6.45, 7) is 0. The SMILES string of the molecule is O=S(=O)(O)c1ccc(Nc2nc(Cl)nc(Nc3cc(S(=O)(=O)O)cc4cc(S(=O)(=O)O)c(N=Nc5cccc(S(=O)(=O)O)c5)c(O)c34)n2)cc1. The van der Waals surface area contributed by atoms with Crippen LogP contribution in [0.1, 0.15) is 0 Å². The minimum absolute atomic E-state index is 0.206. The highest BCUT2D eigenvalue weighted by Crippen LogP contribution is 2.45. The summed E-state index contributed by atoms with van der Waals surface area (Å²) in [5.41, 5.74) is -1.38. The molecule has 20 nitrogen and oxygen atoms in total. The van der Waals surface area contributed by atoms with Gasteiger partial charge in [-0.05, 0) is 77.7 Å². The van der Waals surface area contributed by atoms with Gasteiger partial charge in [0, 0.05) is 11.1 Å². The molecule has 0 fully saturated rings. The summed E-state index contributed by atoms with van der Waals surface area (Å²) in [7, 11) is -19.4. The number of hydrogen-bond acceptors (Lipinski definition) is 16. The largest absolute Gasteiger partial charge is 0.505 e. The number of benzene rings is 4. The molecule has 0 unspecified atom stereocenters. The van der Waals surface area contributed by atoms with Gasteiger partial charge in [0.2, 0.25) is 17.2 Å². The van der Waals surface area contributed by atoms with Crippen molar-refractivity contribution in [3.05, 3.63) is 72.0 Å². The molecule has 0 saturated carbocycles. The van der Waals surface area contributed by atoms with Crippen LogP contribution in [0.2, 0.25) is 5.28 Å². The number of azo groups is 1. The molecular formula is C25H18ClN7O13S4. The van der Waals surface area contributed by atoms with Crippen LogP contribution < -0.4 is 10.6 Å². The second kappa shape index (κ2) is 13.1. The quantitative estimate of drug-likeness (QED) is 0.0767. The number of nitrogens with zero attached hydrogens (tertiary/aromatic N) is 5. The maximum Gasteiger partial charge on any atom is 0.296 e. The highest BCUT2D eigenvalue weighted by atomic mass is 35.5. The average Bonchev–Trinajstić information content (AvgIpc) is 2.98. The molecule has 0 aliphatic heterocycles. The van der Waals surface area contributed by atoms with Crippen LogP contribution in [-0.2, 0) is 40.5 Å². The number of nitrogens with one attached hydrogen (secondary N) is 2. The van der Waals surface area contributed by atoms with Crippen molar-refractivity contribution in [2.75, 3.05) is 10.6 Å². The lowest BCUT2D eigenvalue weighted by molar-refractivity contribution is 0.472. The molecule has 1 aromatic heterocycles. The Kier molecular flexibility index (Phi) is 9.51. The molecule has 5 aromatic rings. The predicted octanol–water partition coefficient (Wildman–Crippen LogP) is 4.27. The lowest BCUT2D eigenvalue weighted by Crippen LogP contribution is -2.06. The van der Waals surface area contributed by atoms with Gasteiger partial charge in [0.1, 0.15) is 10.6 Å². The van der Waals surface area contributed by atoms with E-state index in [9.17, 15) is 57.0 Å². The summed E-state index contributed by atoms with van der Waals surface area (Å²) in [6.07, 6.45) is 0. The van der Waals surface area contributed by atoms with Gasteiger partial charge in [0.15, 0.2) is 5.75 Å². The van der Waals surface area contributed by atoms with Crippen LogP contribution in [0.4, 0.5) is 34.6 Å². The first-order valence-electron chi connectivity index (χ1n) is 12.9. The Morgan fingerprint density at radius 2 is 1.22 bits per heavy atom. The van der Waals surface area contributed by atoms with Crippen molar-refractivity contribution in [3.8, 4) is 5.75 Å². The van der Waals surface area contributed by atoms with Crippen molar-refractivity contribution in [1.82, 2.24) is 15.0 Å². The third-order valence-electron chi connectivity index (χ3n) is 6.34. The molecule has 5 rings (SSSR count). The predicted molar refractivity (Wildman–Crippen MR) is 173 cm³/mol. The summed E-state index contributed by atoms with van der Waals surface area (Å²) < 4.78 is 133. The van der Waals surface area contributed by atoms with Crippen molar-refractivity contribution in [2.24, 2.45) is 10.2 Å². The zero-order valence-corrected chi connectivity index (χ0v) is 28.1. The van der Waals surface area contributed by atoms with Gasteiger partial charge in [-0.15, -0.1) is 5.11 Å². The molecule has 25 heteroatoms. The molecule has 262 valence electrons. The fraction of sp³-hybridized carbons (Fsp3) is 0. The molecule has 4 aromatic carbocycles. The van der Waals surface area contributed by atoms with Crippen LogP contribution in [0.15, 0.2) is 96.5 Å². The standard InChI is InChI=1S/C25H18ClN7O13S4/c26-23-29-24(27-13-4-6-15(7-5-13)47(35,36)37)31-25(30-23)28-18-11-17(49(41,42)43)8-12-9-19(50(44,45)46)21(22(34)20(12)18)33-32-14-2-1-3-16(10-14)48(38,39)40/h1-11,34H,(H,35,36,37)(H,38,39,40)(H,41,42,43)(H,44,45,46)(H2,27,28,29,30,31). The lowest BCUT2D eigenvalue weighted by atomic mass is 10.1. The van der Waals surface area contributed by atoms with E-state index in [0.29, 0.717) is 6.07 Å². The van der Waals surface area contributed by atoms with E-state index in [4.69, 9.17) is 11.6 Å². The van der Waals surface area contributed by atoms with Gasteiger partial charge in [0.25, 0.3) is 40.5 Å². The molecule has 0 bridgehead atoms. The molecule has 0 spiro atoms. The third-order valence-corrected chi connectivity index (χ3v) is 9.93. The van der Waals surface area contributed by atoms with Gasteiger partial charge in [-0.1, -0.05) is 6.07 Å². The van der Waals surface area contributed by atoms with Crippen LogP contribution in [0.25, 0.3) is 10.8 Å². The topological polar surface area (TPSA) is 325 Å². The Morgan fingerprint density at radius 3 is 1.80 bits per heavy atom. The van der Waals surface area contributed by atoms with Crippen LogP contribution in [0.5, 0.6) is 5.75 Å². The fourth-order valence-electron chi connectivity index (χ4n) is 4.24. The van der Waals surface area contributed by atoms with Gasteiger partial charge in [-0.2, -0.15) is 53.7 Å². The first kappa shape index (κ1) is 36.4.